The van der Waals surface area contributed by atoms with E-state index in [1.54, 1.807) is 4.90 Å². The summed E-state index contributed by atoms with van der Waals surface area (Å²) in [5, 5.41) is 2.71. The van der Waals surface area contributed by atoms with Crippen molar-refractivity contribution in [3.05, 3.63) is 36.0 Å². The maximum absolute atomic E-state index is 12.6. The average Bonchev–Trinajstić information content (AvgIpc) is 3.29. The van der Waals surface area contributed by atoms with E-state index in [0.717, 1.165) is 55.5 Å². The molecule has 0 unspecified atom stereocenters. The molecule has 2 amide bonds. The lowest BCUT2D eigenvalue weighted by Gasteiger charge is -2.35. The van der Waals surface area contributed by atoms with Crippen molar-refractivity contribution in [1.82, 2.24) is 14.9 Å². The molecule has 2 aliphatic heterocycles. The molecule has 11 heteroatoms. The van der Waals surface area contributed by atoms with Crippen LogP contribution in [0.4, 0.5) is 35.4 Å². The Kier molecular flexibility index (Phi) is 6.24. The predicted molar refractivity (Wildman–Crippen MR) is 114 cm³/mol. The van der Waals surface area contributed by atoms with Crippen molar-refractivity contribution >= 4 is 23.5 Å². The molecular formula is C21H25F3N6O2. The molecule has 4 rings (SSSR count). The normalized spacial score (nSPS) is 16.9. The number of halogens is 3. The number of rotatable bonds is 4. The number of amides is 2. The quantitative estimate of drug-likeness (QED) is 0.767. The molecule has 8 nitrogen and oxygen atoms in total. The molecule has 2 aliphatic rings. The Morgan fingerprint density at radius 3 is 2.25 bits per heavy atom. The third kappa shape index (κ3) is 5.51. The number of carbonyl (C=O) groups is 1. The van der Waals surface area contributed by atoms with Gasteiger partial charge >= 0.3 is 12.4 Å². The average molecular weight is 450 g/mol. The van der Waals surface area contributed by atoms with Gasteiger partial charge in [0.15, 0.2) is 0 Å². The number of hydrogen-bond acceptors (Lipinski definition) is 6. The van der Waals surface area contributed by atoms with Crippen molar-refractivity contribution in [3.8, 4) is 5.75 Å². The maximum Gasteiger partial charge on any atom is 0.573 e. The summed E-state index contributed by atoms with van der Waals surface area (Å²) >= 11 is 0. The predicted octanol–water partition coefficient (Wildman–Crippen LogP) is 3.64. The molecule has 0 bridgehead atoms. The molecule has 0 saturated carbocycles. The van der Waals surface area contributed by atoms with Gasteiger partial charge in [0.1, 0.15) is 11.6 Å². The van der Waals surface area contributed by atoms with Crippen LogP contribution < -0.4 is 19.9 Å². The van der Waals surface area contributed by atoms with E-state index in [1.807, 2.05) is 13.0 Å². The number of benzene rings is 1. The van der Waals surface area contributed by atoms with E-state index < -0.39 is 6.36 Å². The number of alkyl halides is 3. The minimum absolute atomic E-state index is 0.300. The first-order valence-corrected chi connectivity index (χ1v) is 10.5. The highest BCUT2D eigenvalue weighted by Crippen LogP contribution is 2.25. The summed E-state index contributed by atoms with van der Waals surface area (Å²) in [6, 6.07) is 6.73. The second kappa shape index (κ2) is 9.09. The van der Waals surface area contributed by atoms with Crippen LogP contribution in [0, 0.1) is 6.92 Å². The van der Waals surface area contributed by atoms with Gasteiger partial charge in [0, 0.05) is 56.7 Å². The van der Waals surface area contributed by atoms with E-state index in [2.05, 4.69) is 24.8 Å². The molecule has 3 heterocycles. The molecular weight excluding hydrogens is 425 g/mol. The van der Waals surface area contributed by atoms with Crippen molar-refractivity contribution in [3.63, 3.8) is 0 Å². The molecule has 172 valence electrons. The highest BCUT2D eigenvalue weighted by atomic mass is 19.4. The summed E-state index contributed by atoms with van der Waals surface area (Å²) in [6.07, 6.45) is -2.45. The van der Waals surface area contributed by atoms with E-state index in [-0.39, 0.29) is 11.8 Å². The standard InChI is InChI=1S/C21H25F3N6O2/c1-15-14-18(27-19(25-15)29-8-2-3-9-29)28-10-12-30(13-11-28)20(31)26-16-4-6-17(7-5-16)32-21(22,23)24/h4-7,14H,2-3,8-13H2,1H3,(H,26,31). The Morgan fingerprint density at radius 2 is 1.62 bits per heavy atom. The molecule has 0 atom stereocenters. The minimum atomic E-state index is -4.75. The van der Waals surface area contributed by atoms with Crippen LogP contribution in [0.25, 0.3) is 0 Å². The first kappa shape index (κ1) is 22.0. The fourth-order valence-corrected chi connectivity index (χ4v) is 3.84. The van der Waals surface area contributed by atoms with Gasteiger partial charge in [-0.2, -0.15) is 4.98 Å². The second-order valence-corrected chi connectivity index (χ2v) is 7.84. The maximum atomic E-state index is 12.6. The molecule has 0 aliphatic carbocycles. The van der Waals surface area contributed by atoms with Gasteiger partial charge in [-0.3, -0.25) is 0 Å². The number of nitrogens with zero attached hydrogens (tertiary/aromatic N) is 5. The van der Waals surface area contributed by atoms with Crippen molar-refractivity contribution in [2.75, 3.05) is 54.4 Å². The SMILES string of the molecule is Cc1cc(N2CCN(C(=O)Nc3ccc(OC(F)(F)F)cc3)CC2)nc(N2CCCC2)n1. The number of aryl methyl sites for hydroxylation is 1. The molecule has 2 aromatic rings. The lowest BCUT2D eigenvalue weighted by molar-refractivity contribution is -0.274. The van der Waals surface area contributed by atoms with Crippen LogP contribution in [-0.4, -0.2) is 66.5 Å². The molecule has 1 aromatic carbocycles. The van der Waals surface area contributed by atoms with Crippen LogP contribution >= 0.6 is 0 Å². The molecule has 32 heavy (non-hydrogen) atoms. The molecule has 0 radical (unpaired) electrons. The first-order chi connectivity index (χ1) is 15.3. The van der Waals surface area contributed by atoms with Gasteiger partial charge in [-0.25, -0.2) is 9.78 Å². The van der Waals surface area contributed by atoms with Crippen LogP contribution in [0.2, 0.25) is 0 Å². The minimum Gasteiger partial charge on any atom is -0.406 e. The lowest BCUT2D eigenvalue weighted by atomic mass is 10.3. The van der Waals surface area contributed by atoms with E-state index in [1.165, 1.54) is 12.1 Å². The lowest BCUT2D eigenvalue weighted by Crippen LogP contribution is -2.50. The number of nitrogens with one attached hydrogen (secondary N) is 1. The number of piperazine rings is 1. The van der Waals surface area contributed by atoms with Gasteiger partial charge < -0.3 is 24.8 Å². The monoisotopic (exact) mass is 450 g/mol. The molecule has 1 N–H and O–H groups in total. The third-order valence-electron chi connectivity index (χ3n) is 5.45. The molecule has 0 spiro atoms. The fourth-order valence-electron chi connectivity index (χ4n) is 3.84. The van der Waals surface area contributed by atoms with Crippen molar-refractivity contribution in [2.24, 2.45) is 0 Å². The third-order valence-corrected chi connectivity index (χ3v) is 5.45. The number of urea groups is 1. The Bertz CT molecular complexity index is 940. The Balaban J connectivity index is 1.32. The van der Waals surface area contributed by atoms with Crippen LogP contribution in [0.5, 0.6) is 5.75 Å². The zero-order valence-corrected chi connectivity index (χ0v) is 17.7. The fraction of sp³-hybridized carbons (Fsp3) is 0.476. The van der Waals surface area contributed by atoms with Crippen molar-refractivity contribution < 1.29 is 22.7 Å². The van der Waals surface area contributed by atoms with Crippen LogP contribution in [0.1, 0.15) is 18.5 Å². The summed E-state index contributed by atoms with van der Waals surface area (Å²) < 4.78 is 40.6. The Morgan fingerprint density at radius 1 is 0.969 bits per heavy atom. The van der Waals surface area contributed by atoms with Crippen LogP contribution in [0.15, 0.2) is 30.3 Å². The summed E-state index contributed by atoms with van der Waals surface area (Å²) in [5.74, 6) is 1.29. The van der Waals surface area contributed by atoms with E-state index in [0.29, 0.717) is 31.9 Å². The Hall–Kier alpha value is -3.24. The smallest absolute Gasteiger partial charge is 0.406 e. The summed E-state index contributed by atoms with van der Waals surface area (Å²) in [4.78, 5) is 27.9. The summed E-state index contributed by atoms with van der Waals surface area (Å²) in [5.41, 5.74) is 1.31. The van der Waals surface area contributed by atoms with E-state index in [9.17, 15) is 18.0 Å². The number of aromatic nitrogens is 2. The summed E-state index contributed by atoms with van der Waals surface area (Å²) in [7, 11) is 0. The van der Waals surface area contributed by atoms with Gasteiger partial charge in [0.25, 0.3) is 0 Å². The molecule has 1 aromatic heterocycles. The topological polar surface area (TPSA) is 73.8 Å². The molecule has 2 fully saturated rings. The first-order valence-electron chi connectivity index (χ1n) is 10.5. The van der Waals surface area contributed by atoms with Gasteiger partial charge in [0.05, 0.1) is 0 Å². The summed E-state index contributed by atoms with van der Waals surface area (Å²) in [6.45, 7) is 6.16. The van der Waals surface area contributed by atoms with Crippen LogP contribution in [-0.2, 0) is 0 Å². The van der Waals surface area contributed by atoms with E-state index >= 15 is 0 Å². The highest BCUT2D eigenvalue weighted by molar-refractivity contribution is 5.89. The van der Waals surface area contributed by atoms with Gasteiger partial charge in [-0.15, -0.1) is 13.2 Å². The number of carbonyl (C=O) groups excluding carboxylic acids is 1. The van der Waals surface area contributed by atoms with Gasteiger partial charge in [-0.05, 0) is 44.0 Å². The van der Waals surface area contributed by atoms with Crippen molar-refractivity contribution in [1.29, 1.82) is 0 Å². The van der Waals surface area contributed by atoms with Crippen molar-refractivity contribution in [2.45, 2.75) is 26.1 Å². The number of hydrogen-bond donors (Lipinski definition) is 1. The molecule has 2 saturated heterocycles. The zero-order chi connectivity index (χ0) is 22.7. The Labute approximate surface area is 184 Å². The van der Waals surface area contributed by atoms with Crippen LogP contribution in [0.3, 0.4) is 0 Å². The second-order valence-electron chi connectivity index (χ2n) is 7.84. The van der Waals surface area contributed by atoms with Gasteiger partial charge in [-0.1, -0.05) is 0 Å². The number of anilines is 3. The zero-order valence-electron chi connectivity index (χ0n) is 17.7. The van der Waals surface area contributed by atoms with E-state index in [4.69, 9.17) is 4.98 Å². The van der Waals surface area contributed by atoms with Gasteiger partial charge in [0.2, 0.25) is 5.95 Å². The highest BCUT2D eigenvalue weighted by Gasteiger charge is 2.31. The largest absolute Gasteiger partial charge is 0.573 e. The number of ether oxygens (including phenoxy) is 1.